The van der Waals surface area contributed by atoms with Gasteiger partial charge in [-0.05, 0) is 0 Å². The Morgan fingerprint density at radius 1 is 0.750 bits per heavy atom. The zero-order valence-corrected chi connectivity index (χ0v) is 26.5. The van der Waals surface area contributed by atoms with E-state index in [-0.39, 0.29) is 34.0 Å². The topological polar surface area (TPSA) is 370 Å². The van der Waals surface area contributed by atoms with Gasteiger partial charge in [0.1, 0.15) is 60.3 Å². The third kappa shape index (κ3) is 6.90. The molecule has 6 rings (SSSR count). The number of anilines is 2. The third-order valence-corrected chi connectivity index (χ3v) is 11.0. The van der Waals surface area contributed by atoms with E-state index in [0.29, 0.717) is 0 Å². The van der Waals surface area contributed by atoms with Crippen molar-refractivity contribution in [2.45, 2.75) is 49.1 Å². The van der Waals surface area contributed by atoms with E-state index in [4.69, 9.17) is 25.5 Å². The fraction of sp³-hybridized carbons (Fsp3) is 0.500. The Bertz CT molecular complexity index is 1880. The zero-order valence-electron chi connectivity index (χ0n) is 23.8. The lowest BCUT2D eigenvalue weighted by Gasteiger charge is -2.20. The zero-order chi connectivity index (χ0) is 34.5. The van der Waals surface area contributed by atoms with Crippen LogP contribution in [-0.4, -0.2) is 124 Å². The van der Waals surface area contributed by atoms with Crippen LogP contribution in [-0.2, 0) is 36.3 Å². The van der Waals surface area contributed by atoms with Gasteiger partial charge in [-0.1, -0.05) is 0 Å². The molecule has 2 unspecified atom stereocenters. The highest BCUT2D eigenvalue weighted by Gasteiger charge is 2.48. The standard InChI is InChI=1S/C20H27N10O15P3/c21-15-9-17(25-3-23-15)29(5-27-9)19-13(33)11(31)7(42-19)1-40-46(35)44-48(38,39)45-47(36,37)41-2-8-12(32)14(34)20(43-8)30-6-28-10-16(22)24-4-26-18(10)30/h3-8,11-14,19-20,31-35H,1-2H2,(H,36,37)(H,38,39)(H2,21,23,25)(H2,22,24,26)/t7-,8-,11-,12-,13-,14-,19-,20-,46+/m1/s1. The van der Waals surface area contributed by atoms with E-state index in [1.165, 1.54) is 21.8 Å². The highest BCUT2D eigenvalue weighted by molar-refractivity contribution is 7.65. The number of aromatic nitrogens is 8. The molecule has 0 aliphatic carbocycles. The first kappa shape index (κ1) is 34.9. The van der Waals surface area contributed by atoms with Crippen molar-refractivity contribution in [3.63, 3.8) is 0 Å². The molecule has 0 bridgehead atoms. The fourth-order valence-corrected chi connectivity index (χ4v) is 8.02. The number of phosphoric ester groups is 1. The predicted molar refractivity (Wildman–Crippen MR) is 154 cm³/mol. The molecule has 11 N–H and O–H groups in total. The lowest BCUT2D eigenvalue weighted by molar-refractivity contribution is -0.0505. The summed E-state index contributed by atoms with van der Waals surface area (Å²) < 4.78 is 56.5. The minimum absolute atomic E-state index is 0.0381. The van der Waals surface area contributed by atoms with Crippen molar-refractivity contribution in [3.05, 3.63) is 25.3 Å². The highest BCUT2D eigenvalue weighted by atomic mass is 31.3. The van der Waals surface area contributed by atoms with Gasteiger partial charge in [0.15, 0.2) is 35.4 Å². The van der Waals surface area contributed by atoms with Crippen molar-refractivity contribution >= 4 is 58.2 Å². The van der Waals surface area contributed by atoms with Gasteiger partial charge in [0.05, 0.1) is 25.9 Å². The minimum atomic E-state index is -5.58. The number of nitrogens with two attached hydrogens (primary N) is 2. The Labute approximate surface area is 267 Å². The fourth-order valence-electron chi connectivity index (χ4n) is 4.89. The van der Waals surface area contributed by atoms with Gasteiger partial charge < -0.3 is 60.6 Å². The molecule has 0 spiro atoms. The van der Waals surface area contributed by atoms with Gasteiger partial charge in [-0.2, -0.15) is 4.31 Å². The molecular weight excluding hydrogens is 713 g/mol. The molecule has 2 aliphatic rings. The van der Waals surface area contributed by atoms with Gasteiger partial charge in [-0.15, -0.1) is 0 Å². The second-order valence-electron chi connectivity index (χ2n) is 10.2. The van der Waals surface area contributed by atoms with Crippen LogP contribution in [0.2, 0.25) is 0 Å². The number of aliphatic hydroxyl groups excluding tert-OH is 4. The monoisotopic (exact) mass is 740 g/mol. The van der Waals surface area contributed by atoms with Crippen molar-refractivity contribution in [2.24, 2.45) is 0 Å². The molecule has 2 saturated heterocycles. The lowest BCUT2D eigenvalue weighted by Crippen LogP contribution is -2.33. The molecule has 28 heteroatoms. The number of nitrogens with zero attached hydrogens (tertiary/aromatic N) is 8. The molecule has 0 saturated carbocycles. The normalized spacial score (nSPS) is 30.9. The van der Waals surface area contributed by atoms with Gasteiger partial charge >= 0.3 is 24.2 Å². The summed E-state index contributed by atoms with van der Waals surface area (Å²) >= 11 is 0. The third-order valence-electron chi connectivity index (χ3n) is 7.13. The SMILES string of the molecule is Nc1ncnc2c1ncn2[C@@H]1O[C@H](CO[P@](O)OP(=O)(O)OP(=O)(O)OC[C@H]2O[C@@H](n3cnc4c(N)ncnc43)[C@H](O)[C@@H]2O)[C@@H](O)[C@H]1O. The van der Waals surface area contributed by atoms with Crippen molar-refractivity contribution in [1.82, 2.24) is 39.0 Å². The van der Waals surface area contributed by atoms with Gasteiger partial charge in [-0.25, -0.2) is 43.3 Å². The number of aliphatic hydroxyl groups is 4. The smallest absolute Gasteiger partial charge is 0.387 e. The summed E-state index contributed by atoms with van der Waals surface area (Å²) in [6.07, 6.45) is -7.04. The Hall–Kier alpha value is -2.93. The molecule has 262 valence electrons. The predicted octanol–water partition coefficient (Wildman–Crippen LogP) is -2.44. The first-order chi connectivity index (χ1) is 22.7. The Morgan fingerprint density at radius 2 is 1.23 bits per heavy atom. The van der Waals surface area contributed by atoms with Crippen molar-refractivity contribution < 1.29 is 71.4 Å². The summed E-state index contributed by atoms with van der Waals surface area (Å²) in [4.78, 5) is 53.7. The van der Waals surface area contributed by atoms with E-state index in [1.807, 2.05) is 0 Å². The molecule has 25 nitrogen and oxygen atoms in total. The molecule has 11 atom stereocenters. The van der Waals surface area contributed by atoms with Crippen molar-refractivity contribution in [3.8, 4) is 0 Å². The quantitative estimate of drug-likeness (QED) is 0.0681. The molecule has 48 heavy (non-hydrogen) atoms. The van der Waals surface area contributed by atoms with E-state index in [2.05, 4.69) is 43.0 Å². The van der Waals surface area contributed by atoms with Crippen molar-refractivity contribution in [2.75, 3.05) is 24.7 Å². The molecule has 0 aromatic carbocycles. The van der Waals surface area contributed by atoms with E-state index >= 15 is 0 Å². The van der Waals surface area contributed by atoms with Crippen LogP contribution >= 0.6 is 24.2 Å². The van der Waals surface area contributed by atoms with Crippen LogP contribution in [0.1, 0.15) is 12.5 Å². The van der Waals surface area contributed by atoms with Crippen LogP contribution in [0.15, 0.2) is 25.3 Å². The minimum Gasteiger partial charge on any atom is -0.387 e. The molecule has 2 aliphatic heterocycles. The number of phosphoric acid groups is 2. The lowest BCUT2D eigenvalue weighted by atomic mass is 10.1. The van der Waals surface area contributed by atoms with Crippen LogP contribution in [0, 0.1) is 0 Å². The number of imidazole rings is 2. The van der Waals surface area contributed by atoms with Gasteiger partial charge in [-0.3, -0.25) is 13.7 Å². The number of nitrogen functional groups attached to an aromatic ring is 2. The molecule has 0 amide bonds. The van der Waals surface area contributed by atoms with Crippen molar-refractivity contribution in [1.29, 1.82) is 0 Å². The van der Waals surface area contributed by atoms with Gasteiger partial charge in [0, 0.05) is 0 Å². The van der Waals surface area contributed by atoms with Crippen LogP contribution in [0.4, 0.5) is 11.6 Å². The summed E-state index contributed by atoms with van der Waals surface area (Å²) in [5.41, 5.74) is 12.2. The number of hydrogen-bond donors (Lipinski definition) is 9. The molecule has 4 aromatic rings. The second kappa shape index (κ2) is 13.4. The summed E-state index contributed by atoms with van der Waals surface area (Å²) in [6, 6.07) is 0. The molecule has 6 heterocycles. The van der Waals surface area contributed by atoms with E-state index < -0.39 is 86.5 Å². The Morgan fingerprint density at radius 3 is 1.73 bits per heavy atom. The maximum Gasteiger partial charge on any atom is 0.487 e. The Kier molecular flexibility index (Phi) is 9.76. The molecule has 4 aromatic heterocycles. The van der Waals surface area contributed by atoms with Crippen LogP contribution in [0.5, 0.6) is 0 Å². The van der Waals surface area contributed by atoms with Gasteiger partial charge in [0.25, 0.3) is 0 Å². The second-order valence-corrected chi connectivity index (χ2v) is 14.4. The maximum atomic E-state index is 12.4. The summed E-state index contributed by atoms with van der Waals surface area (Å²) in [5.74, 6) is 0.0953. The first-order valence-corrected chi connectivity index (χ1v) is 17.5. The average Bonchev–Trinajstić information content (AvgIpc) is 3.77. The largest absolute Gasteiger partial charge is 0.487 e. The number of ether oxygens (including phenoxy) is 2. The summed E-state index contributed by atoms with van der Waals surface area (Å²) in [5, 5.41) is 41.9. The van der Waals surface area contributed by atoms with E-state index in [1.54, 1.807) is 0 Å². The molecular formula is C20H27N10O15P3. The number of hydrogen-bond acceptors (Lipinski definition) is 21. The Balaban J connectivity index is 1.00. The molecule has 0 radical (unpaired) electrons. The first-order valence-electron chi connectivity index (χ1n) is 13.4. The average molecular weight is 740 g/mol. The van der Waals surface area contributed by atoms with Gasteiger partial charge in [0.2, 0.25) is 0 Å². The van der Waals surface area contributed by atoms with Crippen LogP contribution in [0.25, 0.3) is 22.3 Å². The number of rotatable bonds is 12. The maximum absolute atomic E-state index is 12.4. The summed E-state index contributed by atoms with van der Waals surface area (Å²) in [6.45, 7) is -1.65. The highest BCUT2D eigenvalue weighted by Crippen LogP contribution is 2.65. The van der Waals surface area contributed by atoms with E-state index in [0.717, 1.165) is 12.7 Å². The van der Waals surface area contributed by atoms with Crippen LogP contribution in [0.3, 0.4) is 0 Å². The summed E-state index contributed by atoms with van der Waals surface area (Å²) in [7, 11) is -14.4. The number of fused-ring (bicyclic) bond motifs is 2. The van der Waals surface area contributed by atoms with E-state index in [9.17, 15) is 44.2 Å². The molecule has 2 fully saturated rings. The van der Waals surface area contributed by atoms with Crippen LogP contribution < -0.4 is 11.5 Å².